The molecule has 3 atom stereocenters. The first-order valence-corrected chi connectivity index (χ1v) is 10.0. The van der Waals surface area contributed by atoms with Crippen LogP contribution in [-0.2, 0) is 5.54 Å². The summed E-state index contributed by atoms with van der Waals surface area (Å²) in [6, 6.07) is 14.2. The molecule has 2 aliphatic rings. The van der Waals surface area contributed by atoms with E-state index in [4.69, 9.17) is 0 Å². The van der Waals surface area contributed by atoms with E-state index in [1.165, 1.54) is 12.1 Å². The topological polar surface area (TPSA) is 124 Å². The van der Waals surface area contributed by atoms with Crippen molar-refractivity contribution in [2.45, 2.75) is 24.4 Å². The lowest BCUT2D eigenvalue weighted by Gasteiger charge is -2.50. The average Bonchev–Trinajstić information content (AvgIpc) is 2.78. The number of fused-ring (bicyclic) bond motifs is 4. The molecule has 1 saturated heterocycles. The maximum atomic E-state index is 13.5. The number of likely N-dealkylation sites (tertiary alicyclic amines) is 1. The zero-order chi connectivity index (χ0) is 22.4. The summed E-state index contributed by atoms with van der Waals surface area (Å²) in [5.74, 6) is -2.64. The number of ketones is 2. The molecule has 2 bridgehead atoms. The number of carbonyl (C=O) groups excluding carboxylic acids is 2. The SMILES string of the molecule is CCN1C[C@]2([N+](=O)[O-])C(=O)c3ccccc3[C@]([N+](=O)[O-])(C1)[C@H]2CC(=O)c1ccccc1. The molecule has 1 aliphatic heterocycles. The number of Topliss-reactive ketones (excluding diaryl/α,β-unsaturated/α-hetero) is 2. The number of benzene rings is 2. The van der Waals surface area contributed by atoms with Crippen molar-refractivity contribution in [2.75, 3.05) is 19.6 Å². The summed E-state index contributed by atoms with van der Waals surface area (Å²) < 4.78 is 0. The van der Waals surface area contributed by atoms with Crippen molar-refractivity contribution in [3.63, 3.8) is 0 Å². The first-order chi connectivity index (χ1) is 14.8. The molecular weight excluding hydrogens is 402 g/mol. The number of nitrogens with zero attached hydrogens (tertiary/aromatic N) is 3. The highest BCUT2D eigenvalue weighted by Crippen LogP contribution is 2.53. The minimum Gasteiger partial charge on any atom is -0.294 e. The van der Waals surface area contributed by atoms with Gasteiger partial charge in [0.15, 0.2) is 5.78 Å². The van der Waals surface area contributed by atoms with Crippen LogP contribution in [0.3, 0.4) is 0 Å². The Kier molecular flexibility index (Phi) is 4.93. The first-order valence-electron chi connectivity index (χ1n) is 10.0. The molecule has 9 nitrogen and oxygen atoms in total. The van der Waals surface area contributed by atoms with Gasteiger partial charge in [0.1, 0.15) is 5.92 Å². The van der Waals surface area contributed by atoms with Crippen molar-refractivity contribution in [3.05, 3.63) is 91.5 Å². The minimum atomic E-state index is -2.28. The summed E-state index contributed by atoms with van der Waals surface area (Å²) in [7, 11) is 0. The Balaban J connectivity index is 1.99. The fourth-order valence-corrected chi connectivity index (χ4v) is 5.19. The van der Waals surface area contributed by atoms with Gasteiger partial charge in [-0.1, -0.05) is 61.5 Å². The monoisotopic (exact) mass is 423 g/mol. The van der Waals surface area contributed by atoms with Gasteiger partial charge in [-0.2, -0.15) is 0 Å². The van der Waals surface area contributed by atoms with Gasteiger partial charge in [0.2, 0.25) is 5.78 Å². The summed E-state index contributed by atoms with van der Waals surface area (Å²) in [5, 5.41) is 25.1. The van der Waals surface area contributed by atoms with Crippen LogP contribution in [0.1, 0.15) is 39.6 Å². The molecule has 1 heterocycles. The van der Waals surface area contributed by atoms with Crippen molar-refractivity contribution in [2.24, 2.45) is 5.92 Å². The molecule has 0 spiro atoms. The lowest BCUT2D eigenvalue weighted by Crippen LogP contribution is -2.75. The number of carbonyl (C=O) groups is 2. The number of piperidine rings is 1. The predicted octanol–water partition coefficient (Wildman–Crippen LogP) is 2.60. The van der Waals surface area contributed by atoms with E-state index in [2.05, 4.69) is 0 Å². The van der Waals surface area contributed by atoms with Gasteiger partial charge in [-0.05, 0) is 6.54 Å². The van der Waals surface area contributed by atoms with Crippen LogP contribution in [0.25, 0.3) is 0 Å². The molecule has 0 amide bonds. The molecule has 1 fully saturated rings. The molecule has 31 heavy (non-hydrogen) atoms. The molecule has 1 aliphatic carbocycles. The zero-order valence-electron chi connectivity index (χ0n) is 16.9. The van der Waals surface area contributed by atoms with Gasteiger partial charge >= 0.3 is 5.54 Å². The van der Waals surface area contributed by atoms with Crippen molar-refractivity contribution in [1.82, 2.24) is 4.90 Å². The standard InChI is InChI=1S/C22H21N3O6/c1-2-23-13-21(24(28)29)17-11-7-6-10-16(17)20(27)22(14-23,25(30)31)19(21)12-18(26)15-8-4-3-5-9-15/h3-11,19H,2,12-14H2,1H3/t19-,21-,22-/m1/s1. The van der Waals surface area contributed by atoms with Gasteiger partial charge in [-0.3, -0.25) is 34.7 Å². The zero-order valence-corrected chi connectivity index (χ0v) is 16.9. The largest absolute Gasteiger partial charge is 0.306 e. The normalized spacial score (nSPS) is 27.4. The summed E-state index contributed by atoms with van der Waals surface area (Å²) in [4.78, 5) is 52.1. The minimum absolute atomic E-state index is 0.00457. The lowest BCUT2D eigenvalue weighted by molar-refractivity contribution is -0.640. The van der Waals surface area contributed by atoms with Crippen LogP contribution in [0.15, 0.2) is 54.6 Å². The average molecular weight is 423 g/mol. The van der Waals surface area contributed by atoms with E-state index in [0.29, 0.717) is 12.1 Å². The smallest absolute Gasteiger partial charge is 0.294 e. The van der Waals surface area contributed by atoms with E-state index in [0.717, 1.165) is 0 Å². The number of likely N-dealkylation sites (N-methyl/N-ethyl adjacent to an activating group) is 1. The number of rotatable bonds is 6. The molecule has 2 aromatic rings. The maximum Gasteiger partial charge on any atom is 0.306 e. The molecule has 4 rings (SSSR count). The summed E-state index contributed by atoms with van der Waals surface area (Å²) in [5.41, 5.74) is -3.78. The Morgan fingerprint density at radius 3 is 2.19 bits per heavy atom. The van der Waals surface area contributed by atoms with E-state index in [1.807, 2.05) is 0 Å². The highest BCUT2D eigenvalue weighted by molar-refractivity contribution is 6.07. The van der Waals surface area contributed by atoms with Gasteiger partial charge in [0, 0.05) is 33.0 Å². The fraction of sp³-hybridized carbons (Fsp3) is 0.364. The Morgan fingerprint density at radius 2 is 1.58 bits per heavy atom. The van der Waals surface area contributed by atoms with Crippen LogP contribution >= 0.6 is 0 Å². The third-order valence-corrected chi connectivity index (χ3v) is 6.70. The Hall–Kier alpha value is -3.46. The van der Waals surface area contributed by atoms with Gasteiger partial charge in [0.25, 0.3) is 5.54 Å². The highest BCUT2D eigenvalue weighted by Gasteiger charge is 2.77. The molecule has 2 aromatic carbocycles. The second-order valence-corrected chi connectivity index (χ2v) is 8.09. The van der Waals surface area contributed by atoms with E-state index < -0.39 is 44.8 Å². The van der Waals surface area contributed by atoms with E-state index in [-0.39, 0.29) is 24.2 Å². The van der Waals surface area contributed by atoms with Gasteiger partial charge in [-0.25, -0.2) is 0 Å². The predicted molar refractivity (Wildman–Crippen MR) is 110 cm³/mol. The van der Waals surface area contributed by atoms with Crippen molar-refractivity contribution in [1.29, 1.82) is 0 Å². The summed E-state index contributed by atoms with van der Waals surface area (Å²) in [6.45, 7) is 1.66. The first kappa shape index (κ1) is 20.8. The Labute approximate surface area is 178 Å². The molecule has 0 saturated carbocycles. The summed E-state index contributed by atoms with van der Waals surface area (Å²) >= 11 is 0. The lowest BCUT2D eigenvalue weighted by atomic mass is 9.56. The summed E-state index contributed by atoms with van der Waals surface area (Å²) in [6.07, 6.45) is -0.469. The third kappa shape index (κ3) is 2.80. The van der Waals surface area contributed by atoms with Gasteiger partial charge < -0.3 is 0 Å². The molecule has 0 unspecified atom stereocenters. The Bertz CT molecular complexity index is 1090. The van der Waals surface area contributed by atoms with Crippen LogP contribution < -0.4 is 0 Å². The van der Waals surface area contributed by atoms with E-state index in [9.17, 15) is 29.8 Å². The second kappa shape index (κ2) is 7.35. The van der Waals surface area contributed by atoms with Crippen molar-refractivity contribution < 1.29 is 19.4 Å². The molecule has 160 valence electrons. The number of hydrogen-bond donors (Lipinski definition) is 0. The third-order valence-electron chi connectivity index (χ3n) is 6.70. The van der Waals surface area contributed by atoms with Crippen molar-refractivity contribution >= 4 is 11.6 Å². The molecular formula is C22H21N3O6. The number of hydrogen-bond acceptors (Lipinski definition) is 7. The molecule has 9 heteroatoms. The second-order valence-electron chi connectivity index (χ2n) is 8.09. The van der Waals surface area contributed by atoms with E-state index >= 15 is 0 Å². The van der Waals surface area contributed by atoms with Gasteiger partial charge in [-0.15, -0.1) is 0 Å². The van der Waals surface area contributed by atoms with Crippen LogP contribution in [0, 0.1) is 26.1 Å². The quantitative estimate of drug-likeness (QED) is 0.397. The molecule has 0 radical (unpaired) electrons. The fourth-order valence-electron chi connectivity index (χ4n) is 5.19. The van der Waals surface area contributed by atoms with Crippen LogP contribution in [-0.4, -0.2) is 51.5 Å². The maximum absolute atomic E-state index is 13.5. The van der Waals surface area contributed by atoms with Crippen LogP contribution in [0.2, 0.25) is 0 Å². The highest BCUT2D eigenvalue weighted by atomic mass is 16.6. The number of nitro groups is 2. The van der Waals surface area contributed by atoms with Crippen LogP contribution in [0.4, 0.5) is 0 Å². The van der Waals surface area contributed by atoms with E-state index in [1.54, 1.807) is 54.3 Å². The van der Waals surface area contributed by atoms with Crippen molar-refractivity contribution in [3.8, 4) is 0 Å². The molecule has 0 aromatic heterocycles. The Morgan fingerprint density at radius 1 is 1.00 bits per heavy atom. The molecule has 0 N–H and O–H groups in total. The van der Waals surface area contributed by atoms with Crippen LogP contribution in [0.5, 0.6) is 0 Å². The van der Waals surface area contributed by atoms with Gasteiger partial charge in [0.05, 0.1) is 13.1 Å².